The standard InChI is InChI=1S/C12H16F2N2OS/c1-8(16-12(18)15-5-6-17-2)10-4-3-9(13)7-11(10)14/h3-4,7-8H,5-6H2,1-2H3,(H2,15,16,18)/t8-/m1/s1. The zero-order valence-corrected chi connectivity index (χ0v) is 11.1. The summed E-state index contributed by atoms with van der Waals surface area (Å²) in [6.07, 6.45) is 0. The molecule has 0 aliphatic heterocycles. The molecule has 0 saturated carbocycles. The molecule has 0 aliphatic carbocycles. The average molecular weight is 274 g/mol. The van der Waals surface area contributed by atoms with Gasteiger partial charge in [0.15, 0.2) is 5.11 Å². The lowest BCUT2D eigenvalue weighted by atomic mass is 10.1. The molecule has 0 radical (unpaired) electrons. The monoisotopic (exact) mass is 274 g/mol. The number of rotatable bonds is 5. The zero-order chi connectivity index (χ0) is 13.5. The highest BCUT2D eigenvalue weighted by Crippen LogP contribution is 2.17. The molecule has 0 bridgehead atoms. The largest absolute Gasteiger partial charge is 0.383 e. The highest BCUT2D eigenvalue weighted by Gasteiger charge is 2.12. The summed E-state index contributed by atoms with van der Waals surface area (Å²) in [6.45, 7) is 2.85. The van der Waals surface area contributed by atoms with Gasteiger partial charge in [0.25, 0.3) is 0 Å². The molecule has 0 aliphatic rings. The van der Waals surface area contributed by atoms with Crippen LogP contribution in [-0.2, 0) is 4.74 Å². The van der Waals surface area contributed by atoms with E-state index in [1.54, 1.807) is 14.0 Å². The third kappa shape index (κ3) is 4.54. The summed E-state index contributed by atoms with van der Waals surface area (Å²) in [6, 6.07) is 3.14. The van der Waals surface area contributed by atoms with Crippen LogP contribution in [-0.4, -0.2) is 25.4 Å². The van der Waals surface area contributed by atoms with E-state index in [1.165, 1.54) is 12.1 Å². The predicted molar refractivity (Wildman–Crippen MR) is 70.4 cm³/mol. The summed E-state index contributed by atoms with van der Waals surface area (Å²) in [5.74, 6) is -1.18. The van der Waals surface area contributed by atoms with Crippen molar-refractivity contribution in [2.45, 2.75) is 13.0 Å². The normalized spacial score (nSPS) is 12.0. The molecule has 18 heavy (non-hydrogen) atoms. The van der Waals surface area contributed by atoms with Gasteiger partial charge in [-0.15, -0.1) is 0 Å². The Labute approximate surface area is 111 Å². The minimum Gasteiger partial charge on any atom is -0.383 e. The number of thiocarbonyl (C=S) groups is 1. The molecule has 0 saturated heterocycles. The maximum atomic E-state index is 13.5. The predicted octanol–water partition coefficient (Wildman–Crippen LogP) is 2.14. The van der Waals surface area contributed by atoms with Crippen molar-refractivity contribution in [3.05, 3.63) is 35.4 Å². The van der Waals surface area contributed by atoms with Crippen LogP contribution < -0.4 is 10.6 Å². The Balaban J connectivity index is 2.54. The van der Waals surface area contributed by atoms with Crippen molar-refractivity contribution in [1.82, 2.24) is 10.6 Å². The summed E-state index contributed by atoms with van der Waals surface area (Å²) in [7, 11) is 1.59. The van der Waals surface area contributed by atoms with E-state index in [9.17, 15) is 8.78 Å². The Bertz CT molecular complexity index is 415. The second-order valence-electron chi connectivity index (χ2n) is 3.78. The van der Waals surface area contributed by atoms with Crippen LogP contribution in [0.25, 0.3) is 0 Å². The zero-order valence-electron chi connectivity index (χ0n) is 10.3. The van der Waals surface area contributed by atoms with Crippen molar-refractivity contribution in [2.75, 3.05) is 20.3 Å². The van der Waals surface area contributed by atoms with Crippen LogP contribution in [0, 0.1) is 11.6 Å². The minimum atomic E-state index is -0.593. The third-order valence-corrected chi connectivity index (χ3v) is 2.63. The van der Waals surface area contributed by atoms with E-state index in [0.29, 0.717) is 23.8 Å². The smallest absolute Gasteiger partial charge is 0.166 e. The van der Waals surface area contributed by atoms with Gasteiger partial charge in [-0.05, 0) is 25.2 Å². The maximum absolute atomic E-state index is 13.5. The van der Waals surface area contributed by atoms with Gasteiger partial charge in [-0.1, -0.05) is 6.07 Å². The van der Waals surface area contributed by atoms with E-state index < -0.39 is 11.6 Å². The van der Waals surface area contributed by atoms with Gasteiger partial charge in [0.05, 0.1) is 12.6 Å². The lowest BCUT2D eigenvalue weighted by Crippen LogP contribution is -2.38. The first-order chi connectivity index (χ1) is 8.54. The summed E-state index contributed by atoms with van der Waals surface area (Å²) in [5, 5.41) is 6.24. The Hall–Kier alpha value is -1.27. The lowest BCUT2D eigenvalue weighted by Gasteiger charge is -2.17. The van der Waals surface area contributed by atoms with E-state index in [-0.39, 0.29) is 6.04 Å². The number of hydrogen-bond donors (Lipinski definition) is 2. The van der Waals surface area contributed by atoms with Gasteiger partial charge in [0.1, 0.15) is 11.6 Å². The van der Waals surface area contributed by atoms with Gasteiger partial charge in [0, 0.05) is 25.3 Å². The summed E-state index contributed by atoms with van der Waals surface area (Å²) < 4.78 is 31.1. The van der Waals surface area contributed by atoms with Crippen LogP contribution in [0.2, 0.25) is 0 Å². The molecule has 1 aromatic rings. The van der Waals surface area contributed by atoms with Crippen LogP contribution in [0.3, 0.4) is 0 Å². The van der Waals surface area contributed by atoms with Crippen LogP contribution in [0.5, 0.6) is 0 Å². The molecular formula is C12H16F2N2OS. The number of methoxy groups -OCH3 is 1. The van der Waals surface area contributed by atoms with E-state index >= 15 is 0 Å². The van der Waals surface area contributed by atoms with Crippen molar-refractivity contribution >= 4 is 17.3 Å². The van der Waals surface area contributed by atoms with E-state index in [1.807, 2.05) is 0 Å². The Kier molecular flexibility index (Phi) is 5.94. The van der Waals surface area contributed by atoms with Gasteiger partial charge in [0.2, 0.25) is 0 Å². The molecule has 0 unspecified atom stereocenters. The Morgan fingerprint density at radius 2 is 2.17 bits per heavy atom. The average Bonchev–Trinajstić information content (AvgIpc) is 2.28. The molecule has 1 atom stereocenters. The molecule has 0 fully saturated rings. The molecule has 0 heterocycles. The summed E-state index contributed by atoms with van der Waals surface area (Å²) in [5.41, 5.74) is 0.368. The first-order valence-electron chi connectivity index (χ1n) is 5.53. The lowest BCUT2D eigenvalue weighted by molar-refractivity contribution is 0.204. The van der Waals surface area contributed by atoms with E-state index in [0.717, 1.165) is 6.07 Å². The van der Waals surface area contributed by atoms with Crippen LogP contribution in [0.15, 0.2) is 18.2 Å². The minimum absolute atomic E-state index is 0.340. The fourth-order valence-electron chi connectivity index (χ4n) is 1.44. The van der Waals surface area contributed by atoms with Crippen molar-refractivity contribution < 1.29 is 13.5 Å². The van der Waals surface area contributed by atoms with Crippen molar-refractivity contribution in [3.8, 4) is 0 Å². The number of hydrogen-bond acceptors (Lipinski definition) is 2. The molecule has 1 rings (SSSR count). The number of halogens is 2. The number of ether oxygens (including phenoxy) is 1. The first kappa shape index (κ1) is 14.8. The summed E-state index contributed by atoms with van der Waals surface area (Å²) in [4.78, 5) is 0. The van der Waals surface area contributed by atoms with Gasteiger partial charge in [-0.25, -0.2) is 8.78 Å². The second kappa shape index (κ2) is 7.23. The Morgan fingerprint density at radius 3 is 2.78 bits per heavy atom. The molecule has 0 aromatic heterocycles. The number of benzene rings is 1. The van der Waals surface area contributed by atoms with Crippen molar-refractivity contribution in [2.24, 2.45) is 0 Å². The van der Waals surface area contributed by atoms with E-state index in [4.69, 9.17) is 17.0 Å². The van der Waals surface area contributed by atoms with Crippen molar-refractivity contribution in [1.29, 1.82) is 0 Å². The molecule has 2 N–H and O–H groups in total. The maximum Gasteiger partial charge on any atom is 0.166 e. The third-order valence-electron chi connectivity index (χ3n) is 2.37. The Morgan fingerprint density at radius 1 is 1.44 bits per heavy atom. The topological polar surface area (TPSA) is 33.3 Å². The van der Waals surface area contributed by atoms with E-state index in [2.05, 4.69) is 10.6 Å². The molecular weight excluding hydrogens is 258 g/mol. The van der Waals surface area contributed by atoms with Gasteiger partial charge < -0.3 is 15.4 Å². The number of nitrogens with one attached hydrogen (secondary N) is 2. The molecule has 0 amide bonds. The molecule has 3 nitrogen and oxygen atoms in total. The fraction of sp³-hybridized carbons (Fsp3) is 0.417. The van der Waals surface area contributed by atoms with Crippen LogP contribution >= 0.6 is 12.2 Å². The SMILES string of the molecule is COCCNC(=S)N[C@H](C)c1ccc(F)cc1F. The van der Waals surface area contributed by atoms with Gasteiger partial charge in [-0.2, -0.15) is 0 Å². The second-order valence-corrected chi connectivity index (χ2v) is 4.19. The molecule has 6 heteroatoms. The molecule has 1 aromatic carbocycles. The first-order valence-corrected chi connectivity index (χ1v) is 5.93. The summed E-state index contributed by atoms with van der Waals surface area (Å²) >= 11 is 5.04. The molecule has 0 spiro atoms. The highest BCUT2D eigenvalue weighted by molar-refractivity contribution is 7.80. The molecule has 100 valence electrons. The van der Waals surface area contributed by atoms with Gasteiger partial charge >= 0.3 is 0 Å². The fourth-order valence-corrected chi connectivity index (χ4v) is 1.72. The van der Waals surface area contributed by atoms with Crippen LogP contribution in [0.4, 0.5) is 8.78 Å². The van der Waals surface area contributed by atoms with Crippen LogP contribution in [0.1, 0.15) is 18.5 Å². The highest BCUT2D eigenvalue weighted by atomic mass is 32.1. The quantitative estimate of drug-likeness (QED) is 0.636. The van der Waals surface area contributed by atoms with Crippen molar-refractivity contribution in [3.63, 3.8) is 0 Å². The van der Waals surface area contributed by atoms with Gasteiger partial charge in [-0.3, -0.25) is 0 Å².